The predicted molar refractivity (Wildman–Crippen MR) is 86.6 cm³/mol. The van der Waals surface area contributed by atoms with E-state index < -0.39 is 0 Å². The molecule has 2 aromatic heterocycles. The van der Waals surface area contributed by atoms with Gasteiger partial charge in [-0.2, -0.15) is 0 Å². The van der Waals surface area contributed by atoms with Crippen molar-refractivity contribution >= 4 is 46.2 Å². The van der Waals surface area contributed by atoms with Gasteiger partial charge in [0.1, 0.15) is 0 Å². The van der Waals surface area contributed by atoms with E-state index in [4.69, 9.17) is 5.73 Å². The van der Waals surface area contributed by atoms with Gasteiger partial charge in [0.05, 0.1) is 24.4 Å². The SMILES string of the molecule is Cc1nc(SCC(=O)NCc2cccs2)sc1CC(N)=O. The van der Waals surface area contributed by atoms with E-state index in [-0.39, 0.29) is 18.2 Å². The molecule has 0 atom stereocenters. The quantitative estimate of drug-likeness (QED) is 0.754. The molecule has 0 saturated heterocycles. The first-order valence-corrected chi connectivity index (χ1v) is 8.89. The normalized spacial score (nSPS) is 10.5. The molecule has 0 saturated carbocycles. The molecule has 2 amide bonds. The van der Waals surface area contributed by atoms with Crippen molar-refractivity contribution in [3.8, 4) is 0 Å². The zero-order valence-electron chi connectivity index (χ0n) is 11.4. The van der Waals surface area contributed by atoms with Crippen molar-refractivity contribution in [2.75, 3.05) is 5.75 Å². The van der Waals surface area contributed by atoms with Gasteiger partial charge in [-0.25, -0.2) is 4.98 Å². The number of carbonyl (C=O) groups is 2. The summed E-state index contributed by atoms with van der Waals surface area (Å²) >= 11 is 4.41. The van der Waals surface area contributed by atoms with Gasteiger partial charge in [0.15, 0.2) is 4.34 Å². The smallest absolute Gasteiger partial charge is 0.230 e. The van der Waals surface area contributed by atoms with Crippen LogP contribution in [0.2, 0.25) is 0 Å². The van der Waals surface area contributed by atoms with E-state index in [0.29, 0.717) is 12.3 Å². The minimum absolute atomic E-state index is 0.0299. The van der Waals surface area contributed by atoms with Crippen LogP contribution >= 0.6 is 34.4 Å². The van der Waals surface area contributed by atoms with E-state index in [1.54, 1.807) is 11.3 Å². The summed E-state index contributed by atoms with van der Waals surface area (Å²) in [6, 6.07) is 3.94. The van der Waals surface area contributed by atoms with Gasteiger partial charge in [-0.1, -0.05) is 17.8 Å². The number of thiazole rings is 1. The van der Waals surface area contributed by atoms with E-state index in [1.165, 1.54) is 23.1 Å². The maximum absolute atomic E-state index is 11.8. The Labute approximate surface area is 135 Å². The van der Waals surface area contributed by atoms with Gasteiger partial charge in [-0.05, 0) is 18.4 Å². The van der Waals surface area contributed by atoms with Gasteiger partial charge in [-0.3, -0.25) is 9.59 Å². The second-order valence-electron chi connectivity index (χ2n) is 4.28. The molecule has 0 unspecified atom stereocenters. The third kappa shape index (κ3) is 5.14. The molecular weight excluding hydrogens is 326 g/mol. The molecule has 0 aliphatic heterocycles. The van der Waals surface area contributed by atoms with E-state index in [0.717, 1.165) is 19.8 Å². The van der Waals surface area contributed by atoms with Gasteiger partial charge >= 0.3 is 0 Å². The lowest BCUT2D eigenvalue weighted by Crippen LogP contribution is -2.24. The number of aromatic nitrogens is 1. The van der Waals surface area contributed by atoms with Crippen LogP contribution in [0.4, 0.5) is 0 Å². The topological polar surface area (TPSA) is 85.1 Å². The molecule has 21 heavy (non-hydrogen) atoms. The van der Waals surface area contributed by atoms with Crippen molar-refractivity contribution in [1.82, 2.24) is 10.3 Å². The summed E-state index contributed by atoms with van der Waals surface area (Å²) in [5.74, 6) is -0.0846. The monoisotopic (exact) mass is 341 g/mol. The lowest BCUT2D eigenvalue weighted by Gasteiger charge is -2.01. The van der Waals surface area contributed by atoms with Crippen molar-refractivity contribution in [2.45, 2.75) is 24.2 Å². The number of nitrogens with two attached hydrogens (primary N) is 1. The minimum Gasteiger partial charge on any atom is -0.369 e. The first kappa shape index (κ1) is 16.0. The zero-order valence-corrected chi connectivity index (χ0v) is 13.9. The highest BCUT2D eigenvalue weighted by Gasteiger charge is 2.12. The molecule has 0 fully saturated rings. The number of aryl methyl sites for hydroxylation is 1. The Hall–Kier alpha value is -1.38. The number of thioether (sulfide) groups is 1. The average molecular weight is 341 g/mol. The molecule has 5 nitrogen and oxygen atoms in total. The number of hydrogen-bond acceptors (Lipinski definition) is 6. The van der Waals surface area contributed by atoms with Gasteiger partial charge in [0, 0.05) is 9.75 Å². The third-order valence-corrected chi connectivity index (χ3v) is 5.75. The van der Waals surface area contributed by atoms with Gasteiger partial charge in [-0.15, -0.1) is 22.7 Å². The number of thiophene rings is 1. The molecule has 112 valence electrons. The fourth-order valence-electron chi connectivity index (χ4n) is 1.56. The Morgan fingerprint density at radius 2 is 2.29 bits per heavy atom. The van der Waals surface area contributed by atoms with E-state index >= 15 is 0 Å². The summed E-state index contributed by atoms with van der Waals surface area (Å²) < 4.78 is 0.787. The lowest BCUT2D eigenvalue weighted by molar-refractivity contribution is -0.119. The largest absolute Gasteiger partial charge is 0.369 e. The Morgan fingerprint density at radius 1 is 1.48 bits per heavy atom. The Balaban J connectivity index is 1.79. The Kier molecular flexibility index (Phi) is 5.77. The maximum atomic E-state index is 11.8. The summed E-state index contributed by atoms with van der Waals surface area (Å²) in [6.45, 7) is 2.40. The van der Waals surface area contributed by atoms with Gasteiger partial charge < -0.3 is 11.1 Å². The predicted octanol–water partition coefficient (Wildman–Crippen LogP) is 1.95. The molecule has 2 heterocycles. The minimum atomic E-state index is -0.369. The van der Waals surface area contributed by atoms with Crippen LogP contribution in [-0.4, -0.2) is 22.6 Å². The molecule has 8 heteroatoms. The number of rotatable bonds is 7. The van der Waals surface area contributed by atoms with Crippen LogP contribution in [0, 0.1) is 6.92 Å². The summed E-state index contributed by atoms with van der Waals surface area (Å²) in [5, 5.41) is 4.84. The third-order valence-electron chi connectivity index (χ3n) is 2.57. The highest BCUT2D eigenvalue weighted by Crippen LogP contribution is 2.27. The van der Waals surface area contributed by atoms with Crippen molar-refractivity contribution in [3.05, 3.63) is 33.0 Å². The number of carbonyl (C=O) groups excluding carboxylic acids is 2. The molecule has 0 aliphatic carbocycles. The van der Waals surface area contributed by atoms with Crippen LogP contribution in [0.5, 0.6) is 0 Å². The van der Waals surface area contributed by atoms with Crippen molar-refractivity contribution in [1.29, 1.82) is 0 Å². The first-order chi connectivity index (χ1) is 10.0. The second-order valence-corrected chi connectivity index (χ2v) is 7.61. The van der Waals surface area contributed by atoms with Crippen LogP contribution in [0.3, 0.4) is 0 Å². The van der Waals surface area contributed by atoms with Gasteiger partial charge in [0.25, 0.3) is 0 Å². The van der Waals surface area contributed by atoms with Crippen molar-refractivity contribution in [3.63, 3.8) is 0 Å². The van der Waals surface area contributed by atoms with Crippen LogP contribution in [0.25, 0.3) is 0 Å². The van der Waals surface area contributed by atoms with Crippen LogP contribution in [0.15, 0.2) is 21.9 Å². The fraction of sp³-hybridized carbons (Fsp3) is 0.308. The summed E-state index contributed by atoms with van der Waals surface area (Å²) in [7, 11) is 0. The highest BCUT2D eigenvalue weighted by molar-refractivity contribution is 8.01. The number of primary amides is 1. The van der Waals surface area contributed by atoms with Crippen molar-refractivity contribution in [2.24, 2.45) is 5.73 Å². The second kappa shape index (κ2) is 7.58. The number of nitrogens with zero attached hydrogens (tertiary/aromatic N) is 1. The molecule has 0 aliphatic rings. The average Bonchev–Trinajstić information content (AvgIpc) is 3.04. The molecule has 2 rings (SSSR count). The molecule has 0 aromatic carbocycles. The number of amides is 2. The summed E-state index contributed by atoms with van der Waals surface area (Å²) in [4.78, 5) is 29.0. The van der Waals surface area contributed by atoms with Crippen molar-refractivity contribution < 1.29 is 9.59 Å². The summed E-state index contributed by atoms with van der Waals surface area (Å²) in [5.41, 5.74) is 5.99. The first-order valence-electron chi connectivity index (χ1n) is 6.21. The Bertz CT molecular complexity index is 623. The van der Waals surface area contributed by atoms with Crippen LogP contribution in [-0.2, 0) is 22.6 Å². The van der Waals surface area contributed by atoms with E-state index in [9.17, 15) is 9.59 Å². The van der Waals surface area contributed by atoms with Crippen LogP contribution < -0.4 is 11.1 Å². The van der Waals surface area contributed by atoms with Gasteiger partial charge in [0.2, 0.25) is 11.8 Å². The number of nitrogens with one attached hydrogen (secondary N) is 1. The number of hydrogen-bond donors (Lipinski definition) is 2. The van der Waals surface area contributed by atoms with E-state index in [2.05, 4.69) is 10.3 Å². The fourth-order valence-corrected chi connectivity index (χ4v) is 4.28. The molecule has 3 N–H and O–H groups in total. The highest BCUT2D eigenvalue weighted by atomic mass is 32.2. The molecule has 0 bridgehead atoms. The maximum Gasteiger partial charge on any atom is 0.230 e. The standard InChI is InChI=1S/C13H15N3O2S3/c1-8-10(5-11(14)17)21-13(16-8)20-7-12(18)15-6-9-3-2-4-19-9/h2-4H,5-7H2,1H3,(H2,14,17)(H,15,18). The Morgan fingerprint density at radius 3 is 2.95 bits per heavy atom. The summed E-state index contributed by atoms with van der Waals surface area (Å²) in [6.07, 6.45) is 0.203. The molecule has 2 aromatic rings. The van der Waals surface area contributed by atoms with Crippen LogP contribution in [0.1, 0.15) is 15.4 Å². The lowest BCUT2D eigenvalue weighted by atomic mass is 10.3. The molecule has 0 spiro atoms. The molecule has 0 radical (unpaired) electrons. The zero-order chi connectivity index (χ0) is 15.2. The van der Waals surface area contributed by atoms with E-state index in [1.807, 2.05) is 24.4 Å². The molecular formula is C13H15N3O2S3.